The van der Waals surface area contributed by atoms with Gasteiger partial charge in [0.2, 0.25) is 5.91 Å². The average molecular weight is 351 g/mol. The molecule has 2 aromatic rings. The molecule has 2 rings (SSSR count). The van der Waals surface area contributed by atoms with Gasteiger partial charge in [0.05, 0.1) is 5.56 Å². The number of ether oxygens (including phenoxy) is 1. The highest BCUT2D eigenvalue weighted by Gasteiger charge is 2.08. The second kappa shape index (κ2) is 9.23. The summed E-state index contributed by atoms with van der Waals surface area (Å²) in [5, 5.41) is 14.5. The molecule has 0 saturated heterocycles. The minimum absolute atomic E-state index is 0.0404. The number of nitrogens with one attached hydrogen (secondary N) is 2. The first-order chi connectivity index (χ1) is 12.5. The Hall–Kier alpha value is -3.33. The summed E-state index contributed by atoms with van der Waals surface area (Å²) in [7, 11) is 0. The fourth-order valence-corrected chi connectivity index (χ4v) is 2.24. The third-order valence-corrected chi connectivity index (χ3v) is 3.41. The number of carbonyl (C=O) groups excluding carboxylic acids is 2. The lowest BCUT2D eigenvalue weighted by atomic mass is 10.1. The maximum atomic E-state index is 12.0. The van der Waals surface area contributed by atoms with Crippen molar-refractivity contribution in [3.8, 4) is 11.8 Å². The summed E-state index contributed by atoms with van der Waals surface area (Å²) in [5.41, 5.74) is 1.64. The lowest BCUT2D eigenvalue weighted by Gasteiger charge is -2.10. The number of amides is 2. The van der Waals surface area contributed by atoms with Crippen LogP contribution in [0.1, 0.15) is 25.8 Å². The van der Waals surface area contributed by atoms with Gasteiger partial charge in [-0.15, -0.1) is 0 Å². The van der Waals surface area contributed by atoms with Crippen molar-refractivity contribution >= 4 is 23.2 Å². The zero-order chi connectivity index (χ0) is 18.9. The molecule has 0 aliphatic carbocycles. The molecule has 6 heteroatoms. The Balaban J connectivity index is 1.85. The standard InChI is InChI=1S/C20H21N3O3/c1-14(2)11-19(24)22-16-7-9-17(10-8-16)23-20(25)13-26-18-6-4-3-5-15(18)12-21/h3-10,14H,11,13H2,1-2H3,(H,22,24)(H,23,25). The summed E-state index contributed by atoms with van der Waals surface area (Å²) in [6.07, 6.45) is 0.458. The van der Waals surface area contributed by atoms with Gasteiger partial charge in [-0.05, 0) is 42.3 Å². The van der Waals surface area contributed by atoms with E-state index in [-0.39, 0.29) is 18.4 Å². The van der Waals surface area contributed by atoms with E-state index in [1.54, 1.807) is 48.5 Å². The van der Waals surface area contributed by atoms with Crippen LogP contribution in [0.25, 0.3) is 0 Å². The molecule has 2 N–H and O–H groups in total. The highest BCUT2D eigenvalue weighted by atomic mass is 16.5. The van der Waals surface area contributed by atoms with Crippen LogP contribution in [-0.4, -0.2) is 18.4 Å². The maximum absolute atomic E-state index is 12.0. The molecule has 6 nitrogen and oxygen atoms in total. The Morgan fingerprint density at radius 2 is 1.58 bits per heavy atom. The highest BCUT2D eigenvalue weighted by Crippen LogP contribution is 2.17. The Labute approximate surface area is 152 Å². The van der Waals surface area contributed by atoms with Gasteiger partial charge in [0.1, 0.15) is 11.8 Å². The molecule has 0 bridgehead atoms. The van der Waals surface area contributed by atoms with Crippen molar-refractivity contribution in [3.63, 3.8) is 0 Å². The van der Waals surface area contributed by atoms with Gasteiger partial charge in [-0.1, -0.05) is 26.0 Å². The predicted octanol–water partition coefficient (Wildman–Crippen LogP) is 3.56. The molecule has 0 heterocycles. The summed E-state index contributed by atoms with van der Waals surface area (Å²) >= 11 is 0. The van der Waals surface area contributed by atoms with Gasteiger partial charge in [0.15, 0.2) is 6.61 Å². The number of hydrogen-bond donors (Lipinski definition) is 2. The summed E-state index contributed by atoms with van der Waals surface area (Å²) in [6, 6.07) is 15.6. The van der Waals surface area contributed by atoms with Crippen LogP contribution in [0.4, 0.5) is 11.4 Å². The second-order valence-corrected chi connectivity index (χ2v) is 6.17. The van der Waals surface area contributed by atoms with Gasteiger partial charge in [-0.25, -0.2) is 0 Å². The fourth-order valence-electron chi connectivity index (χ4n) is 2.24. The van der Waals surface area contributed by atoms with Gasteiger partial charge in [0, 0.05) is 17.8 Å². The smallest absolute Gasteiger partial charge is 0.262 e. The number of anilines is 2. The monoisotopic (exact) mass is 351 g/mol. The SMILES string of the molecule is CC(C)CC(=O)Nc1ccc(NC(=O)COc2ccccc2C#N)cc1. The lowest BCUT2D eigenvalue weighted by molar-refractivity contribution is -0.118. The summed E-state index contributed by atoms with van der Waals surface area (Å²) in [4.78, 5) is 23.7. The number of para-hydroxylation sites is 1. The molecule has 0 fully saturated rings. The van der Waals surface area contributed by atoms with Crippen LogP contribution in [-0.2, 0) is 9.59 Å². The number of nitrogens with zero attached hydrogens (tertiary/aromatic N) is 1. The molecule has 0 spiro atoms. The van der Waals surface area contributed by atoms with Crippen LogP contribution in [0.5, 0.6) is 5.75 Å². The van der Waals surface area contributed by atoms with Crippen molar-refractivity contribution in [1.82, 2.24) is 0 Å². The Morgan fingerprint density at radius 1 is 1.00 bits per heavy atom. The first-order valence-corrected chi connectivity index (χ1v) is 8.29. The Bertz CT molecular complexity index is 808. The molecule has 2 amide bonds. The summed E-state index contributed by atoms with van der Waals surface area (Å²) < 4.78 is 5.38. The Morgan fingerprint density at radius 3 is 2.15 bits per heavy atom. The summed E-state index contributed by atoms with van der Waals surface area (Å²) in [5.74, 6) is 0.281. The number of hydrogen-bond acceptors (Lipinski definition) is 4. The van der Waals surface area contributed by atoms with E-state index in [4.69, 9.17) is 10.00 Å². The fraction of sp³-hybridized carbons (Fsp3) is 0.250. The van der Waals surface area contributed by atoms with E-state index >= 15 is 0 Å². The molecule has 0 unspecified atom stereocenters. The van der Waals surface area contributed by atoms with Crippen LogP contribution < -0.4 is 15.4 Å². The van der Waals surface area contributed by atoms with E-state index < -0.39 is 0 Å². The van der Waals surface area contributed by atoms with Crippen molar-refractivity contribution in [2.24, 2.45) is 5.92 Å². The van der Waals surface area contributed by atoms with Crippen LogP contribution in [0.15, 0.2) is 48.5 Å². The van der Waals surface area contributed by atoms with Crippen molar-refractivity contribution in [3.05, 3.63) is 54.1 Å². The molecule has 0 aromatic heterocycles. The molecular formula is C20H21N3O3. The molecule has 0 aliphatic rings. The topological polar surface area (TPSA) is 91.2 Å². The van der Waals surface area contributed by atoms with E-state index in [1.807, 2.05) is 19.9 Å². The number of nitriles is 1. The minimum Gasteiger partial charge on any atom is -0.482 e. The third kappa shape index (κ3) is 5.95. The molecular weight excluding hydrogens is 330 g/mol. The van der Waals surface area contributed by atoms with Crippen molar-refractivity contribution in [1.29, 1.82) is 5.26 Å². The van der Waals surface area contributed by atoms with Gasteiger partial charge < -0.3 is 15.4 Å². The number of carbonyl (C=O) groups is 2. The normalized spacial score (nSPS) is 10.1. The van der Waals surface area contributed by atoms with Crippen LogP contribution in [0.2, 0.25) is 0 Å². The molecule has 134 valence electrons. The van der Waals surface area contributed by atoms with Crippen LogP contribution >= 0.6 is 0 Å². The largest absolute Gasteiger partial charge is 0.482 e. The van der Waals surface area contributed by atoms with Gasteiger partial charge in [0.25, 0.3) is 5.91 Å². The van der Waals surface area contributed by atoms with E-state index in [0.29, 0.717) is 35.0 Å². The number of benzene rings is 2. The number of rotatable bonds is 7. The quantitative estimate of drug-likeness (QED) is 0.798. The van der Waals surface area contributed by atoms with Gasteiger partial charge in [-0.2, -0.15) is 5.26 Å². The van der Waals surface area contributed by atoms with Crippen LogP contribution in [0.3, 0.4) is 0 Å². The van der Waals surface area contributed by atoms with Gasteiger partial charge >= 0.3 is 0 Å². The third-order valence-electron chi connectivity index (χ3n) is 3.41. The van der Waals surface area contributed by atoms with E-state index in [2.05, 4.69) is 10.6 Å². The average Bonchev–Trinajstić information content (AvgIpc) is 2.61. The molecule has 26 heavy (non-hydrogen) atoms. The highest BCUT2D eigenvalue weighted by molar-refractivity contribution is 5.93. The zero-order valence-corrected chi connectivity index (χ0v) is 14.8. The van der Waals surface area contributed by atoms with Crippen molar-refractivity contribution in [2.75, 3.05) is 17.2 Å². The second-order valence-electron chi connectivity index (χ2n) is 6.17. The van der Waals surface area contributed by atoms with Gasteiger partial charge in [-0.3, -0.25) is 9.59 Å². The summed E-state index contributed by atoms with van der Waals surface area (Å²) in [6.45, 7) is 3.76. The van der Waals surface area contributed by atoms with E-state index in [9.17, 15) is 9.59 Å². The maximum Gasteiger partial charge on any atom is 0.262 e. The van der Waals surface area contributed by atoms with Crippen molar-refractivity contribution < 1.29 is 14.3 Å². The van der Waals surface area contributed by atoms with E-state index in [1.165, 1.54) is 0 Å². The minimum atomic E-state index is -0.339. The van der Waals surface area contributed by atoms with Crippen molar-refractivity contribution in [2.45, 2.75) is 20.3 Å². The zero-order valence-electron chi connectivity index (χ0n) is 14.8. The molecule has 0 radical (unpaired) electrons. The van der Waals surface area contributed by atoms with Crippen LogP contribution in [0, 0.1) is 17.2 Å². The molecule has 0 aliphatic heterocycles. The Kier molecular flexibility index (Phi) is 6.75. The van der Waals surface area contributed by atoms with E-state index in [0.717, 1.165) is 0 Å². The lowest BCUT2D eigenvalue weighted by Crippen LogP contribution is -2.20. The molecule has 0 saturated carbocycles. The molecule has 2 aromatic carbocycles. The first-order valence-electron chi connectivity index (χ1n) is 8.29. The predicted molar refractivity (Wildman–Crippen MR) is 99.8 cm³/mol. The first kappa shape index (κ1) is 19.0. The molecule has 0 atom stereocenters.